The summed E-state index contributed by atoms with van der Waals surface area (Å²) < 4.78 is 0. The van der Waals surface area contributed by atoms with Gasteiger partial charge in [-0.05, 0) is 101 Å². The molecule has 0 spiro atoms. The van der Waals surface area contributed by atoms with Crippen LogP contribution in [0.5, 0.6) is 0 Å². The van der Waals surface area contributed by atoms with Gasteiger partial charge in [0, 0.05) is 5.41 Å². The van der Waals surface area contributed by atoms with E-state index in [1.165, 1.54) is 72.0 Å². The van der Waals surface area contributed by atoms with Crippen molar-refractivity contribution in [3.8, 4) is 44.5 Å². The van der Waals surface area contributed by atoms with Crippen LogP contribution in [0.3, 0.4) is 0 Å². The van der Waals surface area contributed by atoms with Gasteiger partial charge in [-0.3, -0.25) is 5.32 Å². The molecule has 2 heteroatoms. The molecule has 8 aromatic carbocycles. The molecule has 1 aliphatic rings. The van der Waals surface area contributed by atoms with Crippen LogP contribution in [0.2, 0.25) is 0 Å². The van der Waals surface area contributed by atoms with Crippen molar-refractivity contribution in [2.75, 3.05) is 0 Å². The fourth-order valence-electron chi connectivity index (χ4n) is 8.40. The predicted octanol–water partition coefficient (Wildman–Crippen LogP) is 13.1. The summed E-state index contributed by atoms with van der Waals surface area (Å²) in [5, 5.41) is 6.36. The van der Waals surface area contributed by atoms with E-state index in [0.717, 1.165) is 11.1 Å². The van der Waals surface area contributed by atoms with Gasteiger partial charge < -0.3 is 5.73 Å². The fourth-order valence-corrected chi connectivity index (χ4v) is 8.40. The van der Waals surface area contributed by atoms with Crippen molar-refractivity contribution in [1.82, 2.24) is 5.32 Å². The van der Waals surface area contributed by atoms with Gasteiger partial charge in [0.05, 0.1) is 12.2 Å². The highest BCUT2D eigenvalue weighted by atomic mass is 15.0. The van der Waals surface area contributed by atoms with Gasteiger partial charge in [-0.2, -0.15) is 0 Å². The second-order valence-electron chi connectivity index (χ2n) is 15.1. The van der Waals surface area contributed by atoms with Crippen molar-refractivity contribution in [3.63, 3.8) is 0 Å². The van der Waals surface area contributed by atoms with Gasteiger partial charge in [-0.1, -0.05) is 196 Å². The first-order valence-electron chi connectivity index (χ1n) is 19.2. The van der Waals surface area contributed by atoms with E-state index in [-0.39, 0.29) is 17.6 Å². The third-order valence-electron chi connectivity index (χ3n) is 11.4. The highest BCUT2D eigenvalue weighted by molar-refractivity contribution is 5.98. The molecule has 8 aromatic rings. The van der Waals surface area contributed by atoms with E-state index in [0.29, 0.717) is 0 Å². The van der Waals surface area contributed by atoms with Crippen molar-refractivity contribution in [2.45, 2.75) is 31.5 Å². The van der Waals surface area contributed by atoms with Crippen LogP contribution in [-0.2, 0) is 5.41 Å². The molecule has 55 heavy (non-hydrogen) atoms. The van der Waals surface area contributed by atoms with Gasteiger partial charge in [0.15, 0.2) is 0 Å². The molecule has 2 nitrogen and oxygen atoms in total. The first kappa shape index (κ1) is 34.4. The number of benzene rings is 8. The monoisotopic (exact) mass is 708 g/mol. The molecular weight excluding hydrogens is 665 g/mol. The standard InChI is InChI=1S/C53H44N2/c1-53(2)48-24-14-23-45(51(48)47-34-41-21-12-13-22-42(41)35-49(47)53)39-28-25-36(26-29-39)27-32-50(55-52(54)40-19-10-5-11-20-40)46-33-43(37-15-6-3-7-16-37)30-31-44(46)38-17-8-4-9-18-38/h3-35,50,52,55H,54H2,1-2H3/b32-27+. The average Bonchev–Trinajstić information content (AvgIpc) is 3.47. The topological polar surface area (TPSA) is 38.0 Å². The molecule has 9 rings (SSSR count). The second kappa shape index (κ2) is 14.5. The number of rotatable bonds is 9. The maximum absolute atomic E-state index is 6.91. The van der Waals surface area contributed by atoms with Crippen LogP contribution in [0.15, 0.2) is 194 Å². The molecule has 2 unspecified atom stereocenters. The Morgan fingerprint density at radius 2 is 1.09 bits per heavy atom. The zero-order valence-electron chi connectivity index (χ0n) is 31.3. The van der Waals surface area contributed by atoms with E-state index >= 15 is 0 Å². The molecule has 1 aliphatic carbocycles. The third kappa shape index (κ3) is 6.61. The molecule has 0 heterocycles. The lowest BCUT2D eigenvalue weighted by molar-refractivity contribution is 0.510. The van der Waals surface area contributed by atoms with E-state index in [4.69, 9.17) is 5.73 Å². The minimum atomic E-state index is -0.369. The molecular formula is C53H44N2. The van der Waals surface area contributed by atoms with Crippen LogP contribution in [-0.4, -0.2) is 0 Å². The van der Waals surface area contributed by atoms with Crippen LogP contribution < -0.4 is 11.1 Å². The van der Waals surface area contributed by atoms with Crippen LogP contribution in [0, 0.1) is 0 Å². The quantitative estimate of drug-likeness (QED) is 0.147. The summed E-state index contributed by atoms with van der Waals surface area (Å²) in [6.45, 7) is 4.72. The van der Waals surface area contributed by atoms with Gasteiger partial charge in [0.2, 0.25) is 0 Å². The minimum Gasteiger partial charge on any atom is -0.312 e. The van der Waals surface area contributed by atoms with E-state index in [1.807, 2.05) is 18.2 Å². The van der Waals surface area contributed by atoms with Crippen molar-refractivity contribution >= 4 is 16.8 Å². The Balaban J connectivity index is 1.10. The highest BCUT2D eigenvalue weighted by Gasteiger charge is 2.37. The smallest absolute Gasteiger partial charge is 0.0817 e. The fraction of sp³-hybridized carbons (Fsp3) is 0.0943. The lowest BCUT2D eigenvalue weighted by atomic mass is 9.81. The molecule has 0 radical (unpaired) electrons. The van der Waals surface area contributed by atoms with Crippen molar-refractivity contribution in [2.24, 2.45) is 5.73 Å². The third-order valence-corrected chi connectivity index (χ3v) is 11.4. The number of hydrogen-bond acceptors (Lipinski definition) is 2. The Labute approximate surface area is 324 Å². The zero-order chi connectivity index (χ0) is 37.4. The number of hydrogen-bond donors (Lipinski definition) is 2. The van der Waals surface area contributed by atoms with E-state index < -0.39 is 0 Å². The van der Waals surface area contributed by atoms with Crippen LogP contribution in [0.4, 0.5) is 0 Å². The van der Waals surface area contributed by atoms with Crippen molar-refractivity contribution < 1.29 is 0 Å². The first-order chi connectivity index (χ1) is 26.9. The van der Waals surface area contributed by atoms with Crippen molar-refractivity contribution in [1.29, 1.82) is 0 Å². The number of nitrogens with one attached hydrogen (secondary N) is 1. The van der Waals surface area contributed by atoms with E-state index in [1.54, 1.807) is 0 Å². The Morgan fingerprint density at radius 1 is 0.491 bits per heavy atom. The summed E-state index contributed by atoms with van der Waals surface area (Å²) in [6.07, 6.45) is 4.12. The largest absolute Gasteiger partial charge is 0.312 e. The summed E-state index contributed by atoms with van der Waals surface area (Å²) in [6, 6.07) is 67.4. The minimum absolute atomic E-state index is 0.0770. The maximum Gasteiger partial charge on any atom is 0.0817 e. The maximum atomic E-state index is 6.91. The first-order valence-corrected chi connectivity index (χ1v) is 19.2. The van der Waals surface area contributed by atoms with Gasteiger partial charge in [-0.25, -0.2) is 0 Å². The number of fused-ring (bicyclic) bond motifs is 4. The van der Waals surface area contributed by atoms with Gasteiger partial charge >= 0.3 is 0 Å². The van der Waals surface area contributed by atoms with Crippen LogP contribution in [0.25, 0.3) is 61.4 Å². The lowest BCUT2D eigenvalue weighted by Crippen LogP contribution is -2.31. The molecule has 3 N–H and O–H groups in total. The SMILES string of the molecule is CC1(C)c2cc3ccccc3cc2-c2c(-c3ccc(/C=C/C(NC(N)c4ccccc4)c4cc(-c5ccccc5)ccc4-c4ccccc4)cc3)cccc21. The van der Waals surface area contributed by atoms with Crippen LogP contribution >= 0.6 is 0 Å². The Kier molecular flexibility index (Phi) is 9.07. The average molecular weight is 709 g/mol. The molecule has 0 fully saturated rings. The molecule has 0 amide bonds. The molecule has 0 bridgehead atoms. The molecule has 266 valence electrons. The Hall–Kier alpha value is -6.32. The Morgan fingerprint density at radius 3 is 1.80 bits per heavy atom. The van der Waals surface area contributed by atoms with Crippen LogP contribution in [0.1, 0.15) is 53.9 Å². The molecule has 0 saturated carbocycles. The lowest BCUT2D eigenvalue weighted by Gasteiger charge is -2.25. The molecule has 0 saturated heterocycles. The molecule has 0 aliphatic heterocycles. The zero-order valence-corrected chi connectivity index (χ0v) is 31.3. The second-order valence-corrected chi connectivity index (χ2v) is 15.1. The Bertz CT molecular complexity index is 2640. The molecule has 2 atom stereocenters. The summed E-state index contributed by atoms with van der Waals surface area (Å²) >= 11 is 0. The summed E-state index contributed by atoms with van der Waals surface area (Å²) in [4.78, 5) is 0. The van der Waals surface area contributed by atoms with Gasteiger partial charge in [-0.15, -0.1) is 0 Å². The van der Waals surface area contributed by atoms with E-state index in [2.05, 4.69) is 201 Å². The van der Waals surface area contributed by atoms with Gasteiger partial charge in [0.25, 0.3) is 0 Å². The number of nitrogens with two attached hydrogens (primary N) is 1. The normalized spacial score (nSPS) is 14.1. The predicted molar refractivity (Wildman–Crippen MR) is 233 cm³/mol. The van der Waals surface area contributed by atoms with E-state index in [9.17, 15) is 0 Å². The molecule has 0 aromatic heterocycles. The summed E-state index contributed by atoms with van der Waals surface area (Å²) in [7, 11) is 0. The van der Waals surface area contributed by atoms with Crippen molar-refractivity contribution in [3.05, 3.63) is 222 Å². The van der Waals surface area contributed by atoms with Gasteiger partial charge in [0.1, 0.15) is 0 Å². The highest BCUT2D eigenvalue weighted by Crippen LogP contribution is 2.53. The summed E-state index contributed by atoms with van der Waals surface area (Å²) in [5.41, 5.74) is 22.8. The summed E-state index contributed by atoms with van der Waals surface area (Å²) in [5.74, 6) is 0.